The Bertz CT molecular complexity index is 586. The normalized spacial score (nSPS) is 19.6. The molecule has 0 unspecified atom stereocenters. The lowest BCUT2D eigenvalue weighted by atomic mass is 9.97. The number of nitrogens with one attached hydrogen (secondary N) is 1. The van der Waals surface area contributed by atoms with Gasteiger partial charge in [0.1, 0.15) is 5.82 Å². The molecule has 0 saturated carbocycles. The second-order valence-electron chi connectivity index (χ2n) is 7.21. The molecule has 1 aliphatic carbocycles. The molecule has 1 saturated heterocycles. The van der Waals surface area contributed by atoms with E-state index < -0.39 is 0 Å². The lowest BCUT2D eigenvalue weighted by Gasteiger charge is -2.34. The van der Waals surface area contributed by atoms with E-state index in [1.165, 1.54) is 31.3 Å². The van der Waals surface area contributed by atoms with Gasteiger partial charge in [-0.3, -0.25) is 14.6 Å². The van der Waals surface area contributed by atoms with Crippen LogP contribution >= 0.6 is 0 Å². The Morgan fingerprint density at radius 2 is 2.00 bits per heavy atom. The van der Waals surface area contributed by atoms with E-state index in [0.717, 1.165) is 51.5 Å². The van der Waals surface area contributed by atoms with E-state index in [0.29, 0.717) is 6.54 Å². The minimum Gasteiger partial charge on any atom is -0.355 e. The molecule has 3 rings (SSSR count). The summed E-state index contributed by atoms with van der Waals surface area (Å²) in [7, 11) is 2.03. The van der Waals surface area contributed by atoms with Crippen molar-refractivity contribution in [2.75, 3.05) is 39.3 Å². The molecule has 138 valence electrons. The zero-order valence-corrected chi connectivity index (χ0v) is 15.4. The fourth-order valence-electron chi connectivity index (χ4n) is 3.61. The van der Waals surface area contributed by atoms with Crippen LogP contribution in [0.4, 0.5) is 0 Å². The fraction of sp³-hybridized carbons (Fsp3) is 0.684. The predicted molar refractivity (Wildman–Crippen MR) is 99.1 cm³/mol. The average molecular weight is 345 g/mol. The number of nitrogens with zero attached hydrogens (tertiary/aromatic N) is 4. The molecule has 2 aliphatic rings. The Labute approximate surface area is 150 Å². The molecular weight excluding hydrogens is 314 g/mol. The first-order valence-electron chi connectivity index (χ1n) is 9.56. The summed E-state index contributed by atoms with van der Waals surface area (Å²) in [6.45, 7) is 6.07. The average Bonchev–Trinajstić information content (AvgIpc) is 3.02. The summed E-state index contributed by atoms with van der Waals surface area (Å²) in [4.78, 5) is 21.2. The summed E-state index contributed by atoms with van der Waals surface area (Å²) < 4.78 is 2.07. The number of amides is 1. The van der Waals surface area contributed by atoms with E-state index in [1.807, 2.05) is 19.4 Å². The van der Waals surface area contributed by atoms with Crippen LogP contribution in [0.15, 0.2) is 24.0 Å². The molecule has 6 heteroatoms. The first-order chi connectivity index (χ1) is 12.2. The van der Waals surface area contributed by atoms with Crippen molar-refractivity contribution in [2.45, 2.75) is 38.6 Å². The molecule has 1 aromatic heterocycles. The van der Waals surface area contributed by atoms with Crippen molar-refractivity contribution in [2.24, 2.45) is 7.05 Å². The van der Waals surface area contributed by atoms with Gasteiger partial charge in [0.2, 0.25) is 5.91 Å². The zero-order chi connectivity index (χ0) is 17.5. The molecule has 1 amide bonds. The molecule has 1 N–H and O–H groups in total. The van der Waals surface area contributed by atoms with E-state index in [1.54, 1.807) is 0 Å². The second-order valence-corrected chi connectivity index (χ2v) is 7.21. The molecule has 0 atom stereocenters. The summed E-state index contributed by atoms with van der Waals surface area (Å²) in [6, 6.07) is 0. The standard InChI is InChI=1S/C19H31N5O/c1-22-10-9-20-18(22)15-23-11-13-24(14-12-23)16-19(25)21-8-7-17-5-3-2-4-6-17/h5,9-10H,2-4,6-8,11-16H2,1H3,(H,21,25). The van der Waals surface area contributed by atoms with Gasteiger partial charge in [0.25, 0.3) is 0 Å². The number of rotatable bonds is 7. The van der Waals surface area contributed by atoms with Crippen molar-refractivity contribution < 1.29 is 4.79 Å². The van der Waals surface area contributed by atoms with Crippen LogP contribution in [0.3, 0.4) is 0 Å². The van der Waals surface area contributed by atoms with Gasteiger partial charge in [0.15, 0.2) is 0 Å². The van der Waals surface area contributed by atoms with E-state index in [-0.39, 0.29) is 5.91 Å². The Morgan fingerprint density at radius 1 is 1.20 bits per heavy atom. The largest absolute Gasteiger partial charge is 0.355 e. The second kappa shape index (κ2) is 9.15. The summed E-state index contributed by atoms with van der Waals surface area (Å²) in [5.74, 6) is 1.26. The van der Waals surface area contributed by atoms with Crippen molar-refractivity contribution in [3.63, 3.8) is 0 Å². The van der Waals surface area contributed by atoms with Crippen LogP contribution in [-0.4, -0.2) is 64.5 Å². The first-order valence-corrected chi connectivity index (χ1v) is 9.56. The minimum atomic E-state index is 0.161. The fourth-order valence-corrected chi connectivity index (χ4v) is 3.61. The summed E-state index contributed by atoms with van der Waals surface area (Å²) in [5.41, 5.74) is 1.52. The highest BCUT2D eigenvalue weighted by Crippen LogP contribution is 2.19. The molecule has 1 aliphatic heterocycles. The maximum Gasteiger partial charge on any atom is 0.234 e. The number of aromatic nitrogens is 2. The number of carbonyl (C=O) groups is 1. The highest BCUT2D eigenvalue weighted by molar-refractivity contribution is 5.78. The van der Waals surface area contributed by atoms with Crippen molar-refractivity contribution in [1.29, 1.82) is 0 Å². The van der Waals surface area contributed by atoms with Crippen molar-refractivity contribution in [3.8, 4) is 0 Å². The highest BCUT2D eigenvalue weighted by Gasteiger charge is 2.19. The number of allylic oxidation sites excluding steroid dienone is 1. The first kappa shape index (κ1) is 18.1. The Balaban J connectivity index is 1.31. The summed E-state index contributed by atoms with van der Waals surface area (Å²) >= 11 is 0. The van der Waals surface area contributed by atoms with Crippen molar-refractivity contribution in [1.82, 2.24) is 24.7 Å². The third kappa shape index (κ3) is 5.68. The maximum absolute atomic E-state index is 12.1. The molecular formula is C19H31N5O. The monoisotopic (exact) mass is 345 g/mol. The van der Waals surface area contributed by atoms with Gasteiger partial charge in [-0.05, 0) is 32.1 Å². The lowest BCUT2D eigenvalue weighted by Crippen LogP contribution is -2.49. The number of aryl methyl sites for hydroxylation is 1. The van der Waals surface area contributed by atoms with Crippen LogP contribution in [0.25, 0.3) is 0 Å². The third-order valence-corrected chi connectivity index (χ3v) is 5.27. The number of hydrogen-bond acceptors (Lipinski definition) is 4. The van der Waals surface area contributed by atoms with E-state index >= 15 is 0 Å². The number of hydrogen-bond donors (Lipinski definition) is 1. The molecule has 0 radical (unpaired) electrons. The van der Waals surface area contributed by atoms with Crippen LogP contribution in [0, 0.1) is 0 Å². The minimum absolute atomic E-state index is 0.161. The smallest absolute Gasteiger partial charge is 0.234 e. The zero-order valence-electron chi connectivity index (χ0n) is 15.4. The SMILES string of the molecule is Cn1ccnc1CN1CCN(CC(=O)NCCC2=CCCCC2)CC1. The molecule has 2 heterocycles. The molecule has 1 aromatic rings. The Hall–Kier alpha value is -1.66. The number of imidazole rings is 1. The van der Waals surface area contributed by atoms with Gasteiger partial charge in [0.05, 0.1) is 13.1 Å². The topological polar surface area (TPSA) is 53.4 Å². The van der Waals surface area contributed by atoms with Crippen molar-refractivity contribution in [3.05, 3.63) is 29.9 Å². The van der Waals surface area contributed by atoms with E-state index in [2.05, 4.69) is 30.7 Å². The van der Waals surface area contributed by atoms with Crippen LogP contribution in [0.2, 0.25) is 0 Å². The lowest BCUT2D eigenvalue weighted by molar-refractivity contribution is -0.122. The van der Waals surface area contributed by atoms with Crippen LogP contribution < -0.4 is 5.32 Å². The van der Waals surface area contributed by atoms with Gasteiger partial charge in [-0.2, -0.15) is 0 Å². The van der Waals surface area contributed by atoms with Gasteiger partial charge >= 0.3 is 0 Å². The van der Waals surface area contributed by atoms with Crippen LogP contribution in [0.1, 0.15) is 37.9 Å². The quantitative estimate of drug-likeness (QED) is 0.762. The van der Waals surface area contributed by atoms with Gasteiger partial charge in [-0.25, -0.2) is 4.98 Å². The molecule has 0 bridgehead atoms. The maximum atomic E-state index is 12.1. The number of carbonyl (C=O) groups excluding carboxylic acids is 1. The van der Waals surface area contributed by atoms with Gasteiger partial charge in [-0.15, -0.1) is 0 Å². The Morgan fingerprint density at radius 3 is 2.68 bits per heavy atom. The predicted octanol–water partition coefficient (Wildman–Crippen LogP) is 1.54. The molecule has 0 spiro atoms. The van der Waals surface area contributed by atoms with Gasteiger partial charge in [0, 0.05) is 52.2 Å². The third-order valence-electron chi connectivity index (χ3n) is 5.27. The van der Waals surface area contributed by atoms with Crippen LogP contribution in [0.5, 0.6) is 0 Å². The molecule has 0 aromatic carbocycles. The van der Waals surface area contributed by atoms with E-state index in [4.69, 9.17) is 0 Å². The van der Waals surface area contributed by atoms with Gasteiger partial charge < -0.3 is 9.88 Å². The summed E-state index contributed by atoms with van der Waals surface area (Å²) in [6.07, 6.45) is 12.3. The van der Waals surface area contributed by atoms with Gasteiger partial charge in [-0.1, -0.05) is 11.6 Å². The van der Waals surface area contributed by atoms with E-state index in [9.17, 15) is 4.79 Å². The molecule has 1 fully saturated rings. The molecule has 6 nitrogen and oxygen atoms in total. The summed E-state index contributed by atoms with van der Waals surface area (Å²) in [5, 5.41) is 3.08. The Kier molecular flexibility index (Phi) is 6.64. The van der Waals surface area contributed by atoms with Crippen molar-refractivity contribution >= 4 is 5.91 Å². The molecule has 25 heavy (non-hydrogen) atoms. The van der Waals surface area contributed by atoms with Crippen LogP contribution in [-0.2, 0) is 18.4 Å². The highest BCUT2D eigenvalue weighted by atomic mass is 16.2. The number of piperazine rings is 1.